The first-order valence-corrected chi connectivity index (χ1v) is 9.93. The zero-order valence-corrected chi connectivity index (χ0v) is 17.4. The minimum atomic E-state index is -3.04. The predicted octanol–water partition coefficient (Wildman–Crippen LogP) is 3.67. The molecule has 9 nitrogen and oxygen atoms in total. The Kier molecular flexibility index (Phi) is 4.91. The monoisotopic (exact) mass is 417 g/mol. The Morgan fingerprint density at radius 3 is 2.47 bits per heavy atom. The standard InChI is InChI=1S/C19H25F2N9/c1-5-22-16-13(19(4,20)21)11-23-17(27-16)26-15-10-14(28-29(15)12-6-7-12)18(2,3)30-24-8-9-25-30/h8-12H,5-7H2,1-4H3,(H2,22,23,26,27). The summed E-state index contributed by atoms with van der Waals surface area (Å²) >= 11 is 0. The molecule has 1 fully saturated rings. The second kappa shape index (κ2) is 7.29. The zero-order valence-electron chi connectivity index (χ0n) is 17.4. The van der Waals surface area contributed by atoms with Crippen LogP contribution in [-0.2, 0) is 11.5 Å². The summed E-state index contributed by atoms with van der Waals surface area (Å²) in [6.45, 7) is 7.09. The molecule has 4 rings (SSSR count). The van der Waals surface area contributed by atoms with Crippen LogP contribution in [0.5, 0.6) is 0 Å². The number of alkyl halides is 2. The summed E-state index contributed by atoms with van der Waals surface area (Å²) < 4.78 is 29.7. The lowest BCUT2D eigenvalue weighted by Gasteiger charge is -2.20. The number of rotatable bonds is 8. The first-order chi connectivity index (χ1) is 14.2. The van der Waals surface area contributed by atoms with Crippen LogP contribution in [0.1, 0.15) is 57.8 Å². The summed E-state index contributed by atoms with van der Waals surface area (Å²) in [5.41, 5.74) is -0.0295. The highest BCUT2D eigenvalue weighted by molar-refractivity contribution is 5.55. The first-order valence-electron chi connectivity index (χ1n) is 9.93. The van der Waals surface area contributed by atoms with E-state index in [4.69, 9.17) is 5.10 Å². The fraction of sp³-hybridized carbons (Fsp3) is 0.526. The average Bonchev–Trinajstić information content (AvgIpc) is 3.18. The molecule has 1 saturated carbocycles. The number of nitrogens with zero attached hydrogens (tertiary/aromatic N) is 7. The summed E-state index contributed by atoms with van der Waals surface area (Å²) in [4.78, 5) is 10.00. The van der Waals surface area contributed by atoms with E-state index in [1.165, 1.54) is 0 Å². The number of hydrogen-bond acceptors (Lipinski definition) is 7. The van der Waals surface area contributed by atoms with E-state index in [-0.39, 0.29) is 23.4 Å². The highest BCUT2D eigenvalue weighted by Crippen LogP contribution is 2.39. The third-order valence-corrected chi connectivity index (χ3v) is 5.02. The topological polar surface area (TPSA) is 98.4 Å². The predicted molar refractivity (Wildman–Crippen MR) is 108 cm³/mol. The van der Waals surface area contributed by atoms with E-state index < -0.39 is 11.5 Å². The highest BCUT2D eigenvalue weighted by atomic mass is 19.3. The van der Waals surface area contributed by atoms with Crippen LogP contribution in [0.25, 0.3) is 0 Å². The van der Waals surface area contributed by atoms with Gasteiger partial charge in [-0.2, -0.15) is 25.1 Å². The van der Waals surface area contributed by atoms with Crippen LogP contribution in [0.4, 0.5) is 26.4 Å². The van der Waals surface area contributed by atoms with Gasteiger partial charge in [0.05, 0.1) is 29.7 Å². The Morgan fingerprint density at radius 2 is 1.87 bits per heavy atom. The second-order valence-electron chi connectivity index (χ2n) is 7.97. The van der Waals surface area contributed by atoms with Gasteiger partial charge in [-0.25, -0.2) is 18.4 Å². The lowest BCUT2D eigenvalue weighted by atomic mass is 10.0. The van der Waals surface area contributed by atoms with Crippen molar-refractivity contribution < 1.29 is 8.78 Å². The Bertz CT molecular complexity index is 1020. The van der Waals surface area contributed by atoms with Crippen molar-refractivity contribution in [1.29, 1.82) is 0 Å². The van der Waals surface area contributed by atoms with Crippen LogP contribution in [0.15, 0.2) is 24.7 Å². The van der Waals surface area contributed by atoms with E-state index in [9.17, 15) is 8.78 Å². The van der Waals surface area contributed by atoms with E-state index in [2.05, 4.69) is 30.8 Å². The summed E-state index contributed by atoms with van der Waals surface area (Å²) in [5, 5.41) is 19.3. The lowest BCUT2D eigenvalue weighted by Crippen LogP contribution is -2.30. The maximum Gasteiger partial charge on any atom is 0.275 e. The van der Waals surface area contributed by atoms with Gasteiger partial charge in [-0.15, -0.1) is 0 Å². The van der Waals surface area contributed by atoms with Crippen molar-refractivity contribution in [3.63, 3.8) is 0 Å². The van der Waals surface area contributed by atoms with E-state index in [0.717, 1.165) is 31.7 Å². The molecule has 160 valence electrons. The summed E-state index contributed by atoms with van der Waals surface area (Å²) in [7, 11) is 0. The van der Waals surface area contributed by atoms with Crippen molar-refractivity contribution in [3.8, 4) is 0 Å². The van der Waals surface area contributed by atoms with Crippen LogP contribution in [-0.4, -0.2) is 41.3 Å². The minimum Gasteiger partial charge on any atom is -0.370 e. The van der Waals surface area contributed by atoms with Crippen LogP contribution in [0.3, 0.4) is 0 Å². The quantitative estimate of drug-likeness (QED) is 0.577. The zero-order chi connectivity index (χ0) is 21.5. The largest absolute Gasteiger partial charge is 0.370 e. The van der Waals surface area contributed by atoms with Gasteiger partial charge in [0.2, 0.25) is 5.95 Å². The van der Waals surface area contributed by atoms with Gasteiger partial charge < -0.3 is 10.6 Å². The molecule has 0 aliphatic heterocycles. The van der Waals surface area contributed by atoms with Crippen LogP contribution in [0, 0.1) is 0 Å². The fourth-order valence-corrected chi connectivity index (χ4v) is 3.17. The van der Waals surface area contributed by atoms with Crippen molar-refractivity contribution in [2.45, 2.75) is 58.0 Å². The molecule has 30 heavy (non-hydrogen) atoms. The third-order valence-electron chi connectivity index (χ3n) is 5.02. The Morgan fingerprint density at radius 1 is 1.17 bits per heavy atom. The van der Waals surface area contributed by atoms with E-state index in [1.807, 2.05) is 31.5 Å². The molecule has 0 aromatic carbocycles. The summed E-state index contributed by atoms with van der Waals surface area (Å²) in [6.07, 6.45) is 6.46. The van der Waals surface area contributed by atoms with Crippen LogP contribution in [0.2, 0.25) is 0 Å². The molecule has 0 atom stereocenters. The molecule has 0 amide bonds. The molecule has 2 N–H and O–H groups in total. The molecule has 0 unspecified atom stereocenters. The van der Waals surface area contributed by atoms with Gasteiger partial charge in [0.1, 0.15) is 17.2 Å². The number of anilines is 3. The maximum absolute atomic E-state index is 13.9. The van der Waals surface area contributed by atoms with Gasteiger partial charge >= 0.3 is 0 Å². The molecule has 11 heteroatoms. The lowest BCUT2D eigenvalue weighted by molar-refractivity contribution is 0.0176. The molecular weight excluding hydrogens is 392 g/mol. The van der Waals surface area contributed by atoms with Crippen molar-refractivity contribution in [1.82, 2.24) is 34.7 Å². The molecule has 0 bridgehead atoms. The minimum absolute atomic E-state index is 0.112. The fourth-order valence-electron chi connectivity index (χ4n) is 3.17. The van der Waals surface area contributed by atoms with Crippen LogP contribution < -0.4 is 10.6 Å². The smallest absolute Gasteiger partial charge is 0.275 e. The van der Waals surface area contributed by atoms with Gasteiger partial charge in [0, 0.05) is 25.7 Å². The summed E-state index contributed by atoms with van der Waals surface area (Å²) in [6, 6.07) is 2.19. The number of hydrogen-bond donors (Lipinski definition) is 2. The molecule has 0 saturated heterocycles. The van der Waals surface area contributed by atoms with Gasteiger partial charge in [-0.1, -0.05) is 0 Å². The Balaban J connectivity index is 1.68. The van der Waals surface area contributed by atoms with Gasteiger partial charge in [-0.3, -0.25) is 0 Å². The molecule has 3 heterocycles. The molecule has 0 spiro atoms. The second-order valence-corrected chi connectivity index (χ2v) is 7.97. The molecular formula is C19H25F2N9. The van der Waals surface area contributed by atoms with E-state index in [1.54, 1.807) is 17.2 Å². The molecule has 1 aliphatic carbocycles. The summed E-state index contributed by atoms with van der Waals surface area (Å²) in [5.74, 6) is -2.01. The Hall–Kier alpha value is -3.11. The highest BCUT2D eigenvalue weighted by Gasteiger charge is 2.34. The van der Waals surface area contributed by atoms with Gasteiger partial charge in [0.25, 0.3) is 5.92 Å². The molecule has 3 aromatic heterocycles. The van der Waals surface area contributed by atoms with Crippen molar-refractivity contribution in [3.05, 3.63) is 35.9 Å². The van der Waals surface area contributed by atoms with Gasteiger partial charge in [-0.05, 0) is 33.6 Å². The van der Waals surface area contributed by atoms with Crippen molar-refractivity contribution >= 4 is 17.6 Å². The normalized spacial score (nSPS) is 14.7. The number of nitrogens with one attached hydrogen (secondary N) is 2. The molecule has 0 radical (unpaired) electrons. The third kappa shape index (κ3) is 3.83. The number of aromatic nitrogens is 7. The Labute approximate surface area is 172 Å². The average molecular weight is 417 g/mol. The van der Waals surface area contributed by atoms with E-state index >= 15 is 0 Å². The number of halogens is 2. The SMILES string of the molecule is CCNc1nc(Nc2cc(C(C)(C)n3nccn3)nn2C2CC2)ncc1C(C)(F)F. The van der Waals surface area contributed by atoms with E-state index in [0.29, 0.717) is 12.4 Å². The first kappa shape index (κ1) is 20.2. The van der Waals surface area contributed by atoms with Crippen LogP contribution >= 0.6 is 0 Å². The van der Waals surface area contributed by atoms with Gasteiger partial charge in [0.15, 0.2) is 0 Å². The maximum atomic E-state index is 13.9. The molecule has 1 aliphatic rings. The molecule has 3 aromatic rings. The van der Waals surface area contributed by atoms with Crippen molar-refractivity contribution in [2.75, 3.05) is 17.2 Å². The van der Waals surface area contributed by atoms with Crippen molar-refractivity contribution in [2.24, 2.45) is 0 Å².